The van der Waals surface area contributed by atoms with Crippen molar-refractivity contribution in [2.24, 2.45) is 5.41 Å². The third-order valence-corrected chi connectivity index (χ3v) is 6.39. The molecule has 2 amide bonds. The van der Waals surface area contributed by atoms with Crippen LogP contribution in [-0.4, -0.2) is 24.9 Å². The summed E-state index contributed by atoms with van der Waals surface area (Å²) in [5.41, 5.74) is 3.20. The number of halogens is 1. The Hall–Kier alpha value is -3.21. The lowest BCUT2D eigenvalue weighted by atomic mass is 9.86. The molecule has 2 N–H and O–H groups in total. The molecule has 0 saturated carbocycles. The fourth-order valence-corrected chi connectivity index (χ4v) is 4.61. The van der Waals surface area contributed by atoms with E-state index in [9.17, 15) is 9.59 Å². The summed E-state index contributed by atoms with van der Waals surface area (Å²) in [6.07, 6.45) is 9.99. The van der Waals surface area contributed by atoms with E-state index in [0.717, 1.165) is 30.4 Å². The molecule has 0 bridgehead atoms. The molecule has 5 heteroatoms. The molecule has 0 spiro atoms. The van der Waals surface area contributed by atoms with E-state index in [1.165, 1.54) is 6.07 Å². The number of carbonyl (C=O) groups is 2. The average Bonchev–Trinajstić information content (AvgIpc) is 2.98. The van der Waals surface area contributed by atoms with E-state index in [1.807, 2.05) is 18.2 Å². The highest BCUT2D eigenvalue weighted by Crippen LogP contribution is 2.30. The SMILES string of the molecule is C/C=C(/C(=O)NC1CCC=CC(C)(C)C1)c1c(F)cccc1CCc1ccc(C(=O)NC)cc1.[HH].[HH]. The molecular formula is C29H39FN2O2. The minimum Gasteiger partial charge on any atom is -0.355 e. The molecule has 0 aromatic heterocycles. The van der Waals surface area contributed by atoms with Crippen molar-refractivity contribution in [2.45, 2.75) is 58.9 Å². The van der Waals surface area contributed by atoms with Gasteiger partial charge in [-0.15, -0.1) is 0 Å². The standard InChI is InChI=1S/C29H35FN2O2.2H2/c1-5-24(28(34)32-23-10-6-7-18-29(2,3)19-23)26-21(9-8-11-25(26)30)15-12-20-13-16-22(17-14-20)27(33)31-4;;/h5,7-9,11,13-14,16-18,23H,6,10,12,15,19H2,1-4H3,(H,31,33)(H,32,34);2*1H/b24-5+;;. The topological polar surface area (TPSA) is 58.2 Å². The molecule has 1 atom stereocenters. The molecule has 0 saturated heterocycles. The van der Waals surface area contributed by atoms with Gasteiger partial charge in [0.05, 0.1) is 0 Å². The van der Waals surface area contributed by atoms with Gasteiger partial charge in [-0.1, -0.05) is 56.3 Å². The summed E-state index contributed by atoms with van der Waals surface area (Å²) in [7, 11) is 1.60. The minimum atomic E-state index is -0.390. The van der Waals surface area contributed by atoms with Crippen LogP contribution in [0.25, 0.3) is 5.57 Å². The maximum Gasteiger partial charge on any atom is 0.251 e. The number of rotatable bonds is 7. The Labute approximate surface area is 205 Å². The summed E-state index contributed by atoms with van der Waals surface area (Å²) >= 11 is 0. The van der Waals surface area contributed by atoms with Crippen LogP contribution in [0.3, 0.4) is 0 Å². The van der Waals surface area contributed by atoms with E-state index in [2.05, 4.69) is 36.6 Å². The zero-order valence-electron chi connectivity index (χ0n) is 20.6. The molecule has 0 fully saturated rings. The highest BCUT2D eigenvalue weighted by molar-refractivity contribution is 6.20. The van der Waals surface area contributed by atoms with Gasteiger partial charge in [0.25, 0.3) is 11.8 Å². The third-order valence-electron chi connectivity index (χ3n) is 6.39. The van der Waals surface area contributed by atoms with Crippen molar-refractivity contribution < 1.29 is 16.8 Å². The third kappa shape index (κ3) is 6.43. The molecule has 1 aliphatic rings. The Kier molecular flexibility index (Phi) is 8.43. The van der Waals surface area contributed by atoms with E-state index < -0.39 is 5.82 Å². The number of nitrogens with one attached hydrogen (secondary N) is 2. The van der Waals surface area contributed by atoms with Gasteiger partial charge in [-0.05, 0) is 73.8 Å². The second-order valence-electron chi connectivity index (χ2n) is 9.60. The van der Waals surface area contributed by atoms with E-state index in [1.54, 1.807) is 38.2 Å². The largest absolute Gasteiger partial charge is 0.355 e. The van der Waals surface area contributed by atoms with E-state index >= 15 is 4.39 Å². The highest BCUT2D eigenvalue weighted by Gasteiger charge is 2.26. The van der Waals surface area contributed by atoms with Gasteiger partial charge in [0.15, 0.2) is 0 Å². The maximum atomic E-state index is 15.0. The first kappa shape index (κ1) is 25.4. The molecule has 34 heavy (non-hydrogen) atoms. The molecule has 1 unspecified atom stereocenters. The minimum absolute atomic E-state index is 0. The molecule has 3 rings (SSSR count). The summed E-state index contributed by atoms with van der Waals surface area (Å²) in [6.45, 7) is 6.11. The summed E-state index contributed by atoms with van der Waals surface area (Å²) in [5, 5.41) is 5.77. The fourth-order valence-electron chi connectivity index (χ4n) is 4.61. The van der Waals surface area contributed by atoms with E-state index in [4.69, 9.17) is 0 Å². The van der Waals surface area contributed by atoms with Gasteiger partial charge in [0.2, 0.25) is 0 Å². The molecule has 184 valence electrons. The number of allylic oxidation sites excluding steroid dienone is 3. The molecule has 2 aromatic rings. The van der Waals surface area contributed by atoms with Crippen molar-refractivity contribution in [1.29, 1.82) is 0 Å². The van der Waals surface area contributed by atoms with Gasteiger partial charge in [-0.25, -0.2) is 4.39 Å². The first-order chi connectivity index (χ1) is 16.2. The van der Waals surface area contributed by atoms with Gasteiger partial charge >= 0.3 is 0 Å². The fraction of sp³-hybridized carbons (Fsp3) is 0.379. The van der Waals surface area contributed by atoms with Crippen LogP contribution in [-0.2, 0) is 17.6 Å². The van der Waals surface area contributed by atoms with Crippen LogP contribution in [0.2, 0.25) is 0 Å². The predicted molar refractivity (Wildman–Crippen MR) is 140 cm³/mol. The predicted octanol–water partition coefficient (Wildman–Crippen LogP) is 6.12. The van der Waals surface area contributed by atoms with Crippen molar-refractivity contribution >= 4 is 17.4 Å². The lowest BCUT2D eigenvalue weighted by Gasteiger charge is -2.26. The smallest absolute Gasteiger partial charge is 0.251 e. The van der Waals surface area contributed by atoms with Crippen LogP contribution >= 0.6 is 0 Å². The molecule has 2 aromatic carbocycles. The first-order valence-corrected chi connectivity index (χ1v) is 12.0. The molecule has 4 nitrogen and oxygen atoms in total. The van der Waals surface area contributed by atoms with Gasteiger partial charge in [0.1, 0.15) is 5.82 Å². The lowest BCUT2D eigenvalue weighted by molar-refractivity contribution is -0.116. The Morgan fingerprint density at radius 3 is 2.56 bits per heavy atom. The second kappa shape index (κ2) is 11.3. The Morgan fingerprint density at radius 1 is 1.15 bits per heavy atom. The maximum absolute atomic E-state index is 15.0. The molecule has 0 aliphatic heterocycles. The van der Waals surface area contributed by atoms with Crippen LogP contribution < -0.4 is 10.6 Å². The second-order valence-corrected chi connectivity index (χ2v) is 9.60. The number of aryl methyl sites for hydroxylation is 2. The van der Waals surface area contributed by atoms with Crippen LogP contribution in [0.15, 0.2) is 60.7 Å². The van der Waals surface area contributed by atoms with Crippen LogP contribution in [0.1, 0.15) is 69.9 Å². The quantitative estimate of drug-likeness (QED) is 0.382. The number of amides is 2. The van der Waals surface area contributed by atoms with Crippen molar-refractivity contribution in [3.05, 3.63) is 88.8 Å². The molecule has 0 radical (unpaired) electrons. The molecule has 1 aliphatic carbocycles. The van der Waals surface area contributed by atoms with Gasteiger partial charge < -0.3 is 10.6 Å². The zero-order valence-corrected chi connectivity index (χ0v) is 20.6. The van der Waals surface area contributed by atoms with E-state index in [-0.39, 0.29) is 26.1 Å². The van der Waals surface area contributed by atoms with Crippen molar-refractivity contribution in [3.63, 3.8) is 0 Å². The number of benzene rings is 2. The highest BCUT2D eigenvalue weighted by atomic mass is 19.1. The number of hydrogen-bond donors (Lipinski definition) is 2. The molecule has 0 heterocycles. The Balaban J connectivity index is 0.00000324. The van der Waals surface area contributed by atoms with Crippen molar-refractivity contribution in [2.75, 3.05) is 7.05 Å². The normalized spacial score (nSPS) is 17.7. The lowest BCUT2D eigenvalue weighted by Crippen LogP contribution is -2.37. The van der Waals surface area contributed by atoms with Crippen LogP contribution in [0, 0.1) is 11.2 Å². The summed E-state index contributed by atoms with van der Waals surface area (Å²) in [4.78, 5) is 25.0. The van der Waals surface area contributed by atoms with E-state index in [0.29, 0.717) is 29.5 Å². The molecular weight excluding hydrogens is 427 g/mol. The average molecular weight is 467 g/mol. The summed E-state index contributed by atoms with van der Waals surface area (Å²) in [5.74, 6) is -0.749. The summed E-state index contributed by atoms with van der Waals surface area (Å²) in [6, 6.07) is 12.4. The number of carbonyl (C=O) groups excluding carboxylic acids is 2. The first-order valence-electron chi connectivity index (χ1n) is 12.0. The van der Waals surface area contributed by atoms with Crippen molar-refractivity contribution in [1.82, 2.24) is 10.6 Å². The summed E-state index contributed by atoms with van der Waals surface area (Å²) < 4.78 is 15.0. The van der Waals surface area contributed by atoms with Gasteiger partial charge in [0, 0.05) is 32.6 Å². The number of hydrogen-bond acceptors (Lipinski definition) is 2. The zero-order chi connectivity index (χ0) is 24.7. The van der Waals surface area contributed by atoms with Crippen LogP contribution in [0.4, 0.5) is 4.39 Å². The van der Waals surface area contributed by atoms with Gasteiger partial charge in [-0.2, -0.15) is 0 Å². The Bertz CT molecular complexity index is 1090. The van der Waals surface area contributed by atoms with Gasteiger partial charge in [-0.3, -0.25) is 9.59 Å². The monoisotopic (exact) mass is 466 g/mol. The Morgan fingerprint density at radius 2 is 1.88 bits per heavy atom. The van der Waals surface area contributed by atoms with Crippen molar-refractivity contribution in [3.8, 4) is 0 Å². The van der Waals surface area contributed by atoms with Crippen LogP contribution in [0.5, 0.6) is 0 Å².